The molecule has 2 aliphatic rings. The normalized spacial score (nSPS) is 20.6. The molecule has 3 atom stereocenters. The Balaban J connectivity index is 1.49. The van der Waals surface area contributed by atoms with Crippen LogP contribution >= 0.6 is 11.6 Å². The van der Waals surface area contributed by atoms with Crippen LogP contribution in [-0.4, -0.2) is 41.6 Å². The number of methoxy groups -OCH3 is 1. The number of benzene rings is 2. The van der Waals surface area contributed by atoms with Gasteiger partial charge in [0.15, 0.2) is 0 Å². The van der Waals surface area contributed by atoms with Gasteiger partial charge in [-0.1, -0.05) is 31.0 Å². The Hall–Kier alpha value is -4.39. The van der Waals surface area contributed by atoms with Gasteiger partial charge >= 0.3 is 18.4 Å². The molecule has 1 aromatic heterocycles. The van der Waals surface area contributed by atoms with Crippen LogP contribution in [0.4, 0.5) is 38.5 Å². The van der Waals surface area contributed by atoms with Crippen molar-refractivity contribution in [3.05, 3.63) is 76.3 Å². The zero-order valence-corrected chi connectivity index (χ0v) is 25.0. The van der Waals surface area contributed by atoms with Gasteiger partial charge in [-0.3, -0.25) is 20.0 Å². The first-order chi connectivity index (χ1) is 21.4. The zero-order chi connectivity index (χ0) is 32.5. The summed E-state index contributed by atoms with van der Waals surface area (Å²) in [4.78, 5) is 44.2. The number of nitrogens with one attached hydrogen (secondary N) is 2. The summed E-state index contributed by atoms with van der Waals surface area (Å²) in [5, 5.41) is 5.00. The van der Waals surface area contributed by atoms with E-state index < -0.39 is 58.4 Å². The SMILES string of the molecule is COC(=O)Nc1ccc2c(c1)NC(=O)[C@H](C)CCC[C@H](N1CC[C@H](c3c(C(F)(F)F)ccc(Cl)c3F)OC1=O)c1cc-2ccn1. The molecule has 3 amide bonds. The molecule has 14 heteroatoms. The van der Waals surface area contributed by atoms with Crippen LogP contribution in [0.3, 0.4) is 0 Å². The summed E-state index contributed by atoms with van der Waals surface area (Å²) >= 11 is 5.81. The number of hydrogen-bond donors (Lipinski definition) is 2. The van der Waals surface area contributed by atoms with Crippen LogP contribution in [0.2, 0.25) is 5.02 Å². The number of halogens is 5. The molecule has 2 aromatic carbocycles. The number of pyridine rings is 1. The van der Waals surface area contributed by atoms with Gasteiger partial charge < -0.3 is 14.8 Å². The number of carbonyl (C=O) groups excluding carboxylic acids is 3. The number of cyclic esters (lactones) is 1. The highest BCUT2D eigenvalue weighted by Crippen LogP contribution is 2.43. The van der Waals surface area contributed by atoms with Crippen LogP contribution < -0.4 is 10.6 Å². The van der Waals surface area contributed by atoms with E-state index in [4.69, 9.17) is 16.3 Å². The minimum absolute atomic E-state index is 0.0431. The molecule has 1 fully saturated rings. The molecule has 1 saturated heterocycles. The number of anilines is 2. The molecule has 0 radical (unpaired) electrons. The lowest BCUT2D eigenvalue weighted by atomic mass is 9.93. The van der Waals surface area contributed by atoms with Gasteiger partial charge in [0.2, 0.25) is 5.91 Å². The first-order valence-corrected chi connectivity index (χ1v) is 14.5. The molecule has 0 unspecified atom stereocenters. The van der Waals surface area contributed by atoms with Crippen molar-refractivity contribution in [3.8, 4) is 11.1 Å². The Labute approximate surface area is 260 Å². The van der Waals surface area contributed by atoms with E-state index in [9.17, 15) is 31.9 Å². The summed E-state index contributed by atoms with van der Waals surface area (Å²) < 4.78 is 66.3. The van der Waals surface area contributed by atoms with Crippen LogP contribution in [0.25, 0.3) is 11.1 Å². The molecule has 3 heterocycles. The van der Waals surface area contributed by atoms with Crippen molar-refractivity contribution in [1.29, 1.82) is 0 Å². The van der Waals surface area contributed by atoms with Crippen molar-refractivity contribution in [1.82, 2.24) is 9.88 Å². The van der Waals surface area contributed by atoms with Crippen molar-refractivity contribution in [2.24, 2.45) is 5.92 Å². The second-order valence-electron chi connectivity index (χ2n) is 10.9. The van der Waals surface area contributed by atoms with Crippen molar-refractivity contribution in [2.45, 2.75) is 50.9 Å². The Morgan fingerprint density at radius 3 is 2.62 bits per heavy atom. The summed E-state index contributed by atoms with van der Waals surface area (Å²) in [5.74, 6) is -1.96. The maximum Gasteiger partial charge on any atom is 0.416 e. The van der Waals surface area contributed by atoms with E-state index in [1.165, 1.54) is 12.0 Å². The van der Waals surface area contributed by atoms with E-state index in [-0.39, 0.29) is 18.9 Å². The highest BCUT2D eigenvalue weighted by atomic mass is 35.5. The third kappa shape index (κ3) is 6.82. The van der Waals surface area contributed by atoms with Crippen molar-refractivity contribution < 1.29 is 41.4 Å². The second kappa shape index (κ2) is 12.9. The molecule has 2 aliphatic heterocycles. The predicted molar refractivity (Wildman–Crippen MR) is 157 cm³/mol. The molecule has 2 N–H and O–H groups in total. The molecule has 0 aliphatic carbocycles. The number of alkyl halides is 3. The van der Waals surface area contributed by atoms with Crippen LogP contribution in [0.1, 0.15) is 61.6 Å². The highest BCUT2D eigenvalue weighted by Gasteiger charge is 2.42. The third-order valence-electron chi connectivity index (χ3n) is 7.95. The Bertz CT molecular complexity index is 1640. The maximum atomic E-state index is 14.9. The first-order valence-electron chi connectivity index (χ1n) is 14.2. The lowest BCUT2D eigenvalue weighted by Crippen LogP contribution is -2.42. The van der Waals surface area contributed by atoms with Gasteiger partial charge in [-0.2, -0.15) is 13.2 Å². The number of carbonyl (C=O) groups is 3. The Morgan fingerprint density at radius 2 is 1.91 bits per heavy atom. The lowest BCUT2D eigenvalue weighted by molar-refractivity contribution is -0.140. The van der Waals surface area contributed by atoms with E-state index >= 15 is 0 Å². The molecule has 3 aromatic rings. The van der Waals surface area contributed by atoms with Crippen LogP contribution in [0, 0.1) is 11.7 Å². The predicted octanol–water partition coefficient (Wildman–Crippen LogP) is 8.12. The van der Waals surface area contributed by atoms with Crippen molar-refractivity contribution in [3.63, 3.8) is 0 Å². The van der Waals surface area contributed by atoms with Gasteiger partial charge in [-0.05, 0) is 54.8 Å². The molecule has 0 saturated carbocycles. The third-order valence-corrected chi connectivity index (χ3v) is 8.24. The largest absolute Gasteiger partial charge is 0.453 e. The van der Waals surface area contributed by atoms with E-state index in [2.05, 4.69) is 20.4 Å². The molecule has 45 heavy (non-hydrogen) atoms. The van der Waals surface area contributed by atoms with E-state index in [0.717, 1.165) is 6.07 Å². The second-order valence-corrected chi connectivity index (χ2v) is 11.3. The smallest absolute Gasteiger partial charge is 0.416 e. The molecule has 9 nitrogen and oxygen atoms in total. The minimum atomic E-state index is -4.89. The summed E-state index contributed by atoms with van der Waals surface area (Å²) in [6, 6.07) is 9.27. The quantitative estimate of drug-likeness (QED) is 0.278. The Morgan fingerprint density at radius 1 is 1.13 bits per heavy atom. The number of nitrogens with zero attached hydrogens (tertiary/aromatic N) is 2. The van der Waals surface area contributed by atoms with Crippen LogP contribution in [0.15, 0.2) is 48.7 Å². The fraction of sp³-hybridized carbons (Fsp3) is 0.355. The number of aromatic nitrogens is 1. The van der Waals surface area contributed by atoms with Gasteiger partial charge in [0.1, 0.15) is 11.9 Å². The molecule has 2 bridgehead atoms. The number of fused-ring (bicyclic) bond motifs is 4. The summed E-state index contributed by atoms with van der Waals surface area (Å²) in [7, 11) is 1.23. The maximum absolute atomic E-state index is 14.9. The monoisotopic (exact) mass is 648 g/mol. The van der Waals surface area contributed by atoms with Crippen LogP contribution in [0.5, 0.6) is 0 Å². The zero-order valence-electron chi connectivity index (χ0n) is 24.2. The van der Waals surface area contributed by atoms with Crippen molar-refractivity contribution >= 4 is 41.1 Å². The van der Waals surface area contributed by atoms with Gasteiger partial charge in [0.25, 0.3) is 0 Å². The highest BCUT2D eigenvalue weighted by molar-refractivity contribution is 6.30. The van der Waals surface area contributed by atoms with E-state index in [1.54, 1.807) is 43.5 Å². The van der Waals surface area contributed by atoms with Gasteiger partial charge in [-0.25, -0.2) is 14.0 Å². The van der Waals surface area contributed by atoms with Crippen LogP contribution in [-0.2, 0) is 20.4 Å². The fourth-order valence-electron chi connectivity index (χ4n) is 5.62. The Kier molecular flexibility index (Phi) is 9.19. The molecule has 5 rings (SSSR count). The first kappa shape index (κ1) is 32.0. The fourth-order valence-corrected chi connectivity index (χ4v) is 5.79. The summed E-state index contributed by atoms with van der Waals surface area (Å²) in [5.41, 5.74) is 0.521. The lowest BCUT2D eigenvalue weighted by Gasteiger charge is -2.38. The summed E-state index contributed by atoms with van der Waals surface area (Å²) in [6.07, 6.45) is -5.25. The van der Waals surface area contributed by atoms with E-state index in [1.807, 2.05) is 0 Å². The molecular weight excluding hydrogens is 620 g/mol. The number of hydrogen-bond acceptors (Lipinski definition) is 6. The summed E-state index contributed by atoms with van der Waals surface area (Å²) in [6.45, 7) is 1.72. The number of rotatable bonds is 3. The van der Waals surface area contributed by atoms with Gasteiger partial charge in [-0.15, -0.1) is 0 Å². The van der Waals surface area contributed by atoms with Gasteiger partial charge in [0, 0.05) is 41.9 Å². The topological polar surface area (TPSA) is 110 Å². The molecular formula is C31H29ClF4N4O5. The standard InChI is InChI=1S/C31H29ClF4N4O5/c1-16-4-3-5-24(40-13-11-25(45-30(40)43)26-20(31(34,35)36)8-9-21(32)27(26)33)23-14-17(10-12-37-23)19-7-6-18(38-29(42)44-2)15-22(19)39-28(16)41/h6-10,12,14-16,24-25H,3-5,11,13H2,1-2H3,(H,38,42)(H,39,41)/t16-,24+,25-/m1/s1. The van der Waals surface area contributed by atoms with Crippen molar-refractivity contribution in [2.75, 3.05) is 24.3 Å². The number of ether oxygens (including phenoxy) is 2. The average Bonchev–Trinajstić information content (AvgIpc) is 3.00. The van der Waals surface area contributed by atoms with E-state index in [0.29, 0.717) is 53.5 Å². The molecule has 238 valence electrons. The minimum Gasteiger partial charge on any atom is -0.453 e. The molecule has 0 spiro atoms. The average molecular weight is 649 g/mol. The van der Waals surface area contributed by atoms with Gasteiger partial charge in [0.05, 0.1) is 35.1 Å². The number of amides is 3.